The number of rotatable bonds is 8. The third kappa shape index (κ3) is 5.98. The van der Waals surface area contributed by atoms with Crippen molar-refractivity contribution in [3.05, 3.63) is 34.5 Å². The normalized spacial score (nSPS) is 31.6. The van der Waals surface area contributed by atoms with Crippen LogP contribution >= 0.6 is 0 Å². The van der Waals surface area contributed by atoms with E-state index in [0.717, 1.165) is 24.3 Å². The zero-order chi connectivity index (χ0) is 33.6. The largest absolute Gasteiger partial charge is 0.508 e. The molecule has 2 fully saturated rings. The van der Waals surface area contributed by atoms with Gasteiger partial charge in [0, 0.05) is 17.7 Å². The summed E-state index contributed by atoms with van der Waals surface area (Å²) in [7, 11) is 1.17. The van der Waals surface area contributed by atoms with Crippen molar-refractivity contribution in [1.82, 2.24) is 0 Å². The highest BCUT2D eigenvalue weighted by Gasteiger charge is 2.48. The molecule has 5 rings (SSSR count). The van der Waals surface area contributed by atoms with Crippen molar-refractivity contribution in [2.24, 2.45) is 0 Å². The van der Waals surface area contributed by atoms with Gasteiger partial charge in [0.05, 0.1) is 20.3 Å². The SMILES string of the molecule is COc1cc(-c2oc3cc(O)cc(O)c3c(=O)c2O[C@@H]2O[C@H](CO[C@@H]3O[C@H](CO)[C@@H](O)[C@H](O)[C@H]3O)[C@@H](O)[C@H](O)[C@H]2O)cc(O)c1O. The highest BCUT2D eigenvalue weighted by molar-refractivity contribution is 5.88. The number of aliphatic hydroxyl groups is 7. The van der Waals surface area contributed by atoms with E-state index in [4.69, 9.17) is 28.1 Å². The third-order valence-corrected chi connectivity index (χ3v) is 7.63. The Bertz CT molecular complexity index is 1620. The van der Waals surface area contributed by atoms with Gasteiger partial charge in [-0.3, -0.25) is 4.79 Å². The molecule has 0 aliphatic carbocycles. The third-order valence-electron chi connectivity index (χ3n) is 7.63. The fourth-order valence-corrected chi connectivity index (χ4v) is 5.11. The molecular weight excluding hydrogens is 624 g/mol. The van der Waals surface area contributed by atoms with Crippen LogP contribution in [0.1, 0.15) is 0 Å². The van der Waals surface area contributed by atoms with E-state index in [0.29, 0.717) is 0 Å². The molecule has 46 heavy (non-hydrogen) atoms. The Labute approximate surface area is 257 Å². The summed E-state index contributed by atoms with van der Waals surface area (Å²) in [6, 6.07) is 3.95. The van der Waals surface area contributed by atoms with Crippen LogP contribution in [0.3, 0.4) is 0 Å². The average Bonchev–Trinajstić information content (AvgIpc) is 3.02. The Hall–Kier alpha value is -3.95. The second-order valence-electron chi connectivity index (χ2n) is 10.6. The van der Waals surface area contributed by atoms with Gasteiger partial charge in [-0.2, -0.15) is 0 Å². The Kier molecular flexibility index (Phi) is 9.47. The molecule has 18 nitrogen and oxygen atoms in total. The van der Waals surface area contributed by atoms with E-state index < -0.39 is 120 Å². The summed E-state index contributed by atoms with van der Waals surface area (Å²) in [4.78, 5) is 13.7. The molecule has 0 amide bonds. The van der Waals surface area contributed by atoms with Crippen LogP contribution in [0.5, 0.6) is 34.5 Å². The van der Waals surface area contributed by atoms with Gasteiger partial charge in [0.2, 0.25) is 23.2 Å². The minimum absolute atomic E-state index is 0.141. The van der Waals surface area contributed by atoms with Gasteiger partial charge in [0.25, 0.3) is 0 Å². The van der Waals surface area contributed by atoms with Gasteiger partial charge < -0.3 is 84.3 Å². The van der Waals surface area contributed by atoms with Gasteiger partial charge in [-0.15, -0.1) is 0 Å². The highest BCUT2D eigenvalue weighted by atomic mass is 16.7. The fourth-order valence-electron chi connectivity index (χ4n) is 5.11. The van der Waals surface area contributed by atoms with Crippen LogP contribution in [0.2, 0.25) is 0 Å². The van der Waals surface area contributed by atoms with E-state index in [9.17, 15) is 61.0 Å². The lowest BCUT2D eigenvalue weighted by Gasteiger charge is -2.42. The van der Waals surface area contributed by atoms with E-state index in [1.165, 1.54) is 7.11 Å². The molecule has 2 aromatic carbocycles. The highest BCUT2D eigenvalue weighted by Crippen LogP contribution is 2.43. The van der Waals surface area contributed by atoms with Crippen LogP contribution < -0.4 is 14.9 Å². The van der Waals surface area contributed by atoms with Crippen molar-refractivity contribution < 1.29 is 84.3 Å². The topological polar surface area (TPSA) is 299 Å². The van der Waals surface area contributed by atoms with Crippen LogP contribution in [0.15, 0.2) is 33.5 Å². The van der Waals surface area contributed by atoms with Crippen molar-refractivity contribution in [1.29, 1.82) is 0 Å². The maximum Gasteiger partial charge on any atom is 0.239 e. The van der Waals surface area contributed by atoms with Crippen LogP contribution in [0, 0.1) is 0 Å². The number of aliphatic hydroxyl groups excluding tert-OH is 7. The number of hydrogen-bond acceptors (Lipinski definition) is 18. The predicted octanol–water partition coefficient (Wildman–Crippen LogP) is -2.71. The Morgan fingerprint density at radius 3 is 2.04 bits per heavy atom. The molecule has 3 heterocycles. The Morgan fingerprint density at radius 1 is 0.761 bits per heavy atom. The summed E-state index contributed by atoms with van der Waals surface area (Å²) in [5.74, 6) is -4.08. The van der Waals surface area contributed by atoms with Gasteiger partial charge in [-0.1, -0.05) is 0 Å². The molecule has 10 atom stereocenters. The molecule has 2 saturated heterocycles. The summed E-state index contributed by atoms with van der Waals surface area (Å²) >= 11 is 0. The smallest absolute Gasteiger partial charge is 0.239 e. The average molecular weight is 657 g/mol. The van der Waals surface area contributed by atoms with Gasteiger partial charge in [-0.25, -0.2) is 0 Å². The summed E-state index contributed by atoms with van der Waals surface area (Å²) in [5.41, 5.74) is -1.56. The first-order valence-electron chi connectivity index (χ1n) is 13.7. The maximum atomic E-state index is 13.7. The molecule has 2 aliphatic rings. The summed E-state index contributed by atoms with van der Waals surface area (Å²) < 4.78 is 32.8. The quantitative estimate of drug-likeness (QED) is 0.110. The minimum Gasteiger partial charge on any atom is -0.508 e. The van der Waals surface area contributed by atoms with Crippen LogP contribution in [-0.4, -0.2) is 138 Å². The second kappa shape index (κ2) is 13.0. The van der Waals surface area contributed by atoms with Gasteiger partial charge >= 0.3 is 0 Å². The number of phenolic OH excluding ortho intramolecular Hbond substituents is 4. The van der Waals surface area contributed by atoms with E-state index in [1.54, 1.807) is 0 Å². The van der Waals surface area contributed by atoms with E-state index in [-0.39, 0.29) is 16.9 Å². The molecule has 2 aliphatic heterocycles. The van der Waals surface area contributed by atoms with Crippen LogP contribution in [0.4, 0.5) is 0 Å². The van der Waals surface area contributed by atoms with E-state index in [1.807, 2.05) is 0 Å². The summed E-state index contributed by atoms with van der Waals surface area (Å²) in [6.45, 7) is -1.44. The molecule has 252 valence electrons. The van der Waals surface area contributed by atoms with Crippen molar-refractivity contribution in [3.8, 4) is 45.8 Å². The predicted molar refractivity (Wildman–Crippen MR) is 148 cm³/mol. The number of ether oxygens (including phenoxy) is 5. The lowest BCUT2D eigenvalue weighted by molar-refractivity contribution is -0.323. The number of aromatic hydroxyl groups is 4. The molecule has 1 aromatic heterocycles. The molecular formula is C28H32O18. The fraction of sp³-hybridized carbons (Fsp3) is 0.464. The Morgan fingerprint density at radius 2 is 1.39 bits per heavy atom. The van der Waals surface area contributed by atoms with Gasteiger partial charge in [-0.05, 0) is 12.1 Å². The lowest BCUT2D eigenvalue weighted by Crippen LogP contribution is -2.62. The molecule has 0 saturated carbocycles. The van der Waals surface area contributed by atoms with E-state index >= 15 is 0 Å². The zero-order valence-corrected chi connectivity index (χ0v) is 23.8. The first-order valence-corrected chi connectivity index (χ1v) is 13.7. The first-order chi connectivity index (χ1) is 21.8. The zero-order valence-electron chi connectivity index (χ0n) is 23.8. The maximum absolute atomic E-state index is 13.7. The summed E-state index contributed by atoms with van der Waals surface area (Å²) in [6.07, 6.45) is -17.6. The Balaban J connectivity index is 1.50. The molecule has 0 spiro atoms. The number of phenols is 4. The van der Waals surface area contributed by atoms with E-state index in [2.05, 4.69) is 0 Å². The molecule has 11 N–H and O–H groups in total. The summed E-state index contributed by atoms with van der Waals surface area (Å²) in [5, 5.41) is 112. The monoisotopic (exact) mass is 656 g/mol. The van der Waals surface area contributed by atoms with Crippen molar-refractivity contribution >= 4 is 11.0 Å². The number of fused-ring (bicyclic) bond motifs is 1. The molecule has 0 unspecified atom stereocenters. The van der Waals surface area contributed by atoms with Crippen LogP contribution in [0.25, 0.3) is 22.3 Å². The standard InChI is InChI=1S/C28H32O18/c1-41-13-3-8(2-11(32)17(13)33)25-26(20(36)16-10(31)4-9(30)5-12(16)43-25)46-28-24(40)22(38)19(35)15(45-28)7-42-27-23(39)21(37)18(34)14(6-29)44-27/h2-5,14-15,18-19,21-24,27-35,37-40H,6-7H2,1H3/t14-,15-,18-,19-,21+,22+,23-,24-,27-,28+/m1/s1. The first kappa shape index (κ1) is 33.4. The van der Waals surface area contributed by atoms with Crippen molar-refractivity contribution in [2.45, 2.75) is 61.4 Å². The van der Waals surface area contributed by atoms with Crippen molar-refractivity contribution in [2.75, 3.05) is 20.3 Å². The van der Waals surface area contributed by atoms with Gasteiger partial charge in [0.1, 0.15) is 71.3 Å². The second-order valence-corrected chi connectivity index (χ2v) is 10.6. The minimum atomic E-state index is -2.03. The molecule has 0 radical (unpaired) electrons. The van der Waals surface area contributed by atoms with Crippen LogP contribution in [-0.2, 0) is 14.2 Å². The lowest BCUT2D eigenvalue weighted by atomic mass is 9.98. The number of benzene rings is 2. The number of hydrogen-bond donors (Lipinski definition) is 11. The molecule has 3 aromatic rings. The van der Waals surface area contributed by atoms with Crippen molar-refractivity contribution in [3.63, 3.8) is 0 Å². The molecule has 18 heteroatoms. The number of methoxy groups -OCH3 is 1. The van der Waals surface area contributed by atoms with Gasteiger partial charge in [0.15, 0.2) is 23.5 Å². The molecule has 0 bridgehead atoms.